The summed E-state index contributed by atoms with van der Waals surface area (Å²) in [6.45, 7) is 3.12. The van der Waals surface area contributed by atoms with Crippen LogP contribution in [0.3, 0.4) is 0 Å². The highest BCUT2D eigenvalue weighted by Crippen LogP contribution is 2.18. The topological polar surface area (TPSA) is 75.3 Å². The number of aromatic nitrogens is 2. The Hall–Kier alpha value is -2.63. The van der Waals surface area contributed by atoms with Crippen LogP contribution in [0.2, 0.25) is 0 Å². The Balaban J connectivity index is 1.72. The van der Waals surface area contributed by atoms with Crippen molar-refractivity contribution in [2.75, 3.05) is 13.7 Å². The van der Waals surface area contributed by atoms with E-state index in [1.54, 1.807) is 12.0 Å². The van der Waals surface area contributed by atoms with Gasteiger partial charge in [-0.2, -0.15) is 0 Å². The van der Waals surface area contributed by atoms with E-state index < -0.39 is 0 Å². The quantitative estimate of drug-likeness (QED) is 0.762. The number of amides is 1. The molecule has 2 aromatic rings. The monoisotopic (exact) mass is 369 g/mol. The molecule has 1 aromatic carbocycles. The number of aromatic amines is 1. The number of nitrogens with one attached hydrogen (secondary N) is 1. The highest BCUT2D eigenvalue weighted by Gasteiger charge is 2.24. The summed E-state index contributed by atoms with van der Waals surface area (Å²) in [6.07, 6.45) is 4.79. The van der Waals surface area contributed by atoms with Crippen LogP contribution < -0.4 is 10.3 Å². The summed E-state index contributed by atoms with van der Waals surface area (Å²) in [5.74, 6) is 1.56. The Bertz CT molecular complexity index is 860. The molecule has 1 aromatic heterocycles. The molecular formula is C21H27N3O3. The highest BCUT2D eigenvalue weighted by atomic mass is 16.5. The lowest BCUT2D eigenvalue weighted by Gasteiger charge is -2.28. The van der Waals surface area contributed by atoms with Crippen molar-refractivity contribution in [1.82, 2.24) is 14.9 Å². The fourth-order valence-corrected chi connectivity index (χ4v) is 3.43. The zero-order chi connectivity index (χ0) is 19.2. The second-order valence-corrected chi connectivity index (χ2v) is 6.99. The molecule has 3 rings (SSSR count). The van der Waals surface area contributed by atoms with Gasteiger partial charge in [-0.05, 0) is 24.1 Å². The van der Waals surface area contributed by atoms with Gasteiger partial charge in [0.2, 0.25) is 5.91 Å². The molecule has 0 fully saturated rings. The molecule has 27 heavy (non-hydrogen) atoms. The van der Waals surface area contributed by atoms with E-state index in [9.17, 15) is 9.59 Å². The number of methoxy groups -OCH3 is 1. The number of H-pyrrole nitrogens is 1. The van der Waals surface area contributed by atoms with Crippen molar-refractivity contribution in [2.45, 2.75) is 52.0 Å². The smallest absolute Gasteiger partial charge is 0.256 e. The molecule has 0 unspecified atom stereocenters. The molecule has 6 heteroatoms. The summed E-state index contributed by atoms with van der Waals surface area (Å²) in [4.78, 5) is 34.2. The van der Waals surface area contributed by atoms with Crippen LogP contribution in [0.4, 0.5) is 0 Å². The average Bonchev–Trinajstić information content (AvgIpc) is 2.68. The number of hydrogen-bond acceptors (Lipinski definition) is 4. The maximum absolute atomic E-state index is 12.6. The van der Waals surface area contributed by atoms with E-state index in [1.165, 1.54) is 0 Å². The first-order valence-corrected chi connectivity index (χ1v) is 9.62. The van der Waals surface area contributed by atoms with Gasteiger partial charge in [-0.25, -0.2) is 4.98 Å². The van der Waals surface area contributed by atoms with Crippen LogP contribution in [0.15, 0.2) is 29.1 Å². The van der Waals surface area contributed by atoms with Gasteiger partial charge in [0, 0.05) is 25.8 Å². The van der Waals surface area contributed by atoms with Gasteiger partial charge in [-0.1, -0.05) is 31.9 Å². The molecule has 0 spiro atoms. The van der Waals surface area contributed by atoms with E-state index in [0.29, 0.717) is 43.7 Å². The Morgan fingerprint density at radius 1 is 1.33 bits per heavy atom. The third kappa shape index (κ3) is 4.76. The largest absolute Gasteiger partial charge is 0.497 e. The van der Waals surface area contributed by atoms with Crippen molar-refractivity contribution in [2.24, 2.45) is 0 Å². The number of unbranched alkanes of at least 4 members (excludes halogenated alkanes) is 2. The standard InChI is InChI=1S/C21H27N3O3/c1-3-4-5-9-20(25)24-11-10-18-17(14-24)21(26)23-19(22-18)13-15-7-6-8-16(12-15)27-2/h6-8,12H,3-5,9-11,13-14H2,1-2H3,(H,22,23,26). The zero-order valence-electron chi connectivity index (χ0n) is 16.1. The van der Waals surface area contributed by atoms with Crippen molar-refractivity contribution in [3.05, 3.63) is 57.3 Å². The first-order chi connectivity index (χ1) is 13.1. The number of benzene rings is 1. The van der Waals surface area contributed by atoms with Crippen molar-refractivity contribution in [1.29, 1.82) is 0 Å². The minimum Gasteiger partial charge on any atom is -0.497 e. The second-order valence-electron chi connectivity index (χ2n) is 6.99. The predicted molar refractivity (Wildman–Crippen MR) is 104 cm³/mol. The van der Waals surface area contributed by atoms with Crippen LogP contribution >= 0.6 is 0 Å². The average molecular weight is 369 g/mol. The highest BCUT2D eigenvalue weighted by molar-refractivity contribution is 5.76. The lowest BCUT2D eigenvalue weighted by atomic mass is 10.1. The van der Waals surface area contributed by atoms with Crippen LogP contribution in [0.25, 0.3) is 0 Å². The van der Waals surface area contributed by atoms with E-state index in [1.807, 2.05) is 24.3 Å². The summed E-state index contributed by atoms with van der Waals surface area (Å²) in [6, 6.07) is 7.74. The lowest BCUT2D eigenvalue weighted by Crippen LogP contribution is -2.39. The molecule has 2 heterocycles. The van der Waals surface area contributed by atoms with Gasteiger partial charge in [0.1, 0.15) is 11.6 Å². The molecule has 0 radical (unpaired) electrons. The minimum atomic E-state index is -0.135. The number of carbonyl (C=O) groups excluding carboxylic acids is 1. The van der Waals surface area contributed by atoms with E-state index in [4.69, 9.17) is 4.74 Å². The molecule has 1 aliphatic heterocycles. The lowest BCUT2D eigenvalue weighted by molar-refractivity contribution is -0.132. The molecule has 0 saturated carbocycles. The molecular weight excluding hydrogens is 342 g/mol. The number of nitrogens with zero attached hydrogens (tertiary/aromatic N) is 2. The number of fused-ring (bicyclic) bond motifs is 1. The zero-order valence-corrected chi connectivity index (χ0v) is 16.1. The molecule has 1 N–H and O–H groups in total. The molecule has 0 aliphatic carbocycles. The van der Waals surface area contributed by atoms with Crippen LogP contribution in [0.1, 0.15) is 55.3 Å². The number of carbonyl (C=O) groups is 1. The molecule has 1 amide bonds. The van der Waals surface area contributed by atoms with Crippen LogP contribution in [-0.4, -0.2) is 34.4 Å². The summed E-state index contributed by atoms with van der Waals surface area (Å²) in [7, 11) is 1.63. The third-order valence-electron chi connectivity index (χ3n) is 4.97. The van der Waals surface area contributed by atoms with Crippen molar-refractivity contribution < 1.29 is 9.53 Å². The van der Waals surface area contributed by atoms with Gasteiger partial charge in [-0.15, -0.1) is 0 Å². The third-order valence-corrected chi connectivity index (χ3v) is 4.97. The number of hydrogen-bond donors (Lipinski definition) is 1. The molecule has 1 aliphatic rings. The van der Waals surface area contributed by atoms with Crippen LogP contribution in [0, 0.1) is 0 Å². The fourth-order valence-electron chi connectivity index (χ4n) is 3.43. The number of ether oxygens (including phenoxy) is 1. The van der Waals surface area contributed by atoms with Gasteiger partial charge in [-0.3, -0.25) is 9.59 Å². The predicted octanol–water partition coefficient (Wildman–Crippen LogP) is 2.83. The van der Waals surface area contributed by atoms with Gasteiger partial charge in [0.05, 0.1) is 24.9 Å². The SMILES string of the molecule is CCCCCC(=O)N1CCc2nc(Cc3cccc(OC)c3)[nH]c(=O)c2C1. The number of rotatable bonds is 7. The fraction of sp³-hybridized carbons (Fsp3) is 0.476. The summed E-state index contributed by atoms with van der Waals surface area (Å²) >= 11 is 0. The molecule has 0 saturated heterocycles. The minimum absolute atomic E-state index is 0.133. The van der Waals surface area contributed by atoms with Gasteiger partial charge < -0.3 is 14.6 Å². The van der Waals surface area contributed by atoms with E-state index in [0.717, 1.165) is 36.3 Å². The van der Waals surface area contributed by atoms with E-state index >= 15 is 0 Å². The van der Waals surface area contributed by atoms with Gasteiger partial charge in [0.15, 0.2) is 0 Å². The maximum atomic E-state index is 12.6. The van der Waals surface area contributed by atoms with Crippen LogP contribution in [0.5, 0.6) is 5.75 Å². The van der Waals surface area contributed by atoms with Gasteiger partial charge in [0.25, 0.3) is 5.56 Å². The molecule has 144 valence electrons. The van der Waals surface area contributed by atoms with Crippen molar-refractivity contribution in [3.63, 3.8) is 0 Å². The Morgan fingerprint density at radius 3 is 2.96 bits per heavy atom. The van der Waals surface area contributed by atoms with E-state index in [2.05, 4.69) is 16.9 Å². The molecule has 0 bridgehead atoms. The summed E-state index contributed by atoms with van der Waals surface area (Å²) < 4.78 is 5.25. The Kier molecular flexibility index (Phi) is 6.27. The second kappa shape index (κ2) is 8.84. The Labute approximate surface area is 159 Å². The van der Waals surface area contributed by atoms with E-state index in [-0.39, 0.29) is 11.5 Å². The summed E-state index contributed by atoms with van der Waals surface area (Å²) in [5, 5.41) is 0. The summed E-state index contributed by atoms with van der Waals surface area (Å²) in [5.41, 5.74) is 2.33. The molecule has 0 atom stereocenters. The maximum Gasteiger partial charge on any atom is 0.256 e. The van der Waals surface area contributed by atoms with Crippen molar-refractivity contribution in [3.8, 4) is 5.75 Å². The van der Waals surface area contributed by atoms with Crippen molar-refractivity contribution >= 4 is 5.91 Å². The van der Waals surface area contributed by atoms with Gasteiger partial charge >= 0.3 is 0 Å². The normalized spacial score (nSPS) is 13.3. The first kappa shape index (κ1) is 19.1. The first-order valence-electron chi connectivity index (χ1n) is 9.62. The van der Waals surface area contributed by atoms with Crippen LogP contribution in [-0.2, 0) is 24.2 Å². The Morgan fingerprint density at radius 2 is 2.19 bits per heavy atom. The molecule has 6 nitrogen and oxygen atoms in total.